The van der Waals surface area contributed by atoms with E-state index in [1.165, 1.54) is 54.4 Å². The van der Waals surface area contributed by atoms with E-state index in [2.05, 4.69) is 73.7 Å². The molecule has 0 aliphatic carbocycles. The number of unbranched alkanes of at least 4 members (excludes halogenated alkanes) is 1. The molecular weight excluding hydrogens is 679 g/mol. The second-order valence-corrected chi connectivity index (χ2v) is 14.0. The zero-order chi connectivity index (χ0) is 41.1. The standard InChI is InChI=1S/C28H37N3O4.C9H21N.C3H7NO.2C2H6/c1-6-31-25-10-9-21(30-12-14-34-15-13-30)16-23(25)24(17-28(3,4)18-35-19-32)27(31)22-8-7-11-29-26(22)20(2)33-5;1-4-9(2)7-5-6-8-10-3;1-3(4)2-5;2*1-2/h7-11,16,19-20H,6,12-15,17-18H2,1-5H3;9-10H,4-8H2,1-3H3;2-3H,4H2,1H3;2*1-2H3. The van der Waals surface area contributed by atoms with Crippen LogP contribution in [0.25, 0.3) is 22.2 Å². The van der Waals surface area contributed by atoms with Crippen LogP contribution in [-0.4, -0.2) is 82.0 Å². The summed E-state index contributed by atoms with van der Waals surface area (Å²) in [6, 6.07) is 10.6. The van der Waals surface area contributed by atoms with E-state index in [1.54, 1.807) is 14.0 Å². The van der Waals surface area contributed by atoms with Gasteiger partial charge in [0.1, 0.15) is 6.29 Å². The Kier molecular flexibility index (Phi) is 27.3. The largest absolute Gasteiger partial charge is 0.467 e. The van der Waals surface area contributed by atoms with Crippen molar-refractivity contribution in [2.75, 3.05) is 58.5 Å². The molecule has 54 heavy (non-hydrogen) atoms. The molecule has 0 saturated carbocycles. The van der Waals surface area contributed by atoms with Crippen LogP contribution >= 0.6 is 0 Å². The van der Waals surface area contributed by atoms with Crippen molar-refractivity contribution in [3.8, 4) is 11.3 Å². The Morgan fingerprint density at radius 3 is 2.22 bits per heavy atom. The maximum absolute atomic E-state index is 11.0. The van der Waals surface area contributed by atoms with Crippen LogP contribution in [-0.2, 0) is 36.8 Å². The summed E-state index contributed by atoms with van der Waals surface area (Å²) in [5, 5.41) is 4.39. The molecule has 1 fully saturated rings. The minimum Gasteiger partial charge on any atom is -0.467 e. The van der Waals surface area contributed by atoms with Gasteiger partial charge in [0.25, 0.3) is 6.47 Å². The van der Waals surface area contributed by atoms with Gasteiger partial charge < -0.3 is 39.5 Å². The molecule has 2 aromatic heterocycles. The Bertz CT molecular complexity index is 1420. The van der Waals surface area contributed by atoms with Crippen molar-refractivity contribution in [1.82, 2.24) is 14.9 Å². The van der Waals surface area contributed by atoms with Crippen LogP contribution in [0.5, 0.6) is 0 Å². The number of hydrogen-bond acceptors (Lipinski definition) is 9. The Morgan fingerprint density at radius 1 is 1.04 bits per heavy atom. The number of aromatic nitrogens is 2. The van der Waals surface area contributed by atoms with Crippen molar-refractivity contribution in [3.63, 3.8) is 0 Å². The topological polar surface area (TPSA) is 121 Å². The highest BCUT2D eigenvalue weighted by molar-refractivity contribution is 5.94. The number of aryl methyl sites for hydroxylation is 1. The number of anilines is 1. The third-order valence-corrected chi connectivity index (χ3v) is 9.16. The van der Waals surface area contributed by atoms with Crippen LogP contribution in [0.15, 0.2) is 36.5 Å². The number of nitrogens with one attached hydrogen (secondary N) is 1. The number of ether oxygens (including phenoxy) is 3. The summed E-state index contributed by atoms with van der Waals surface area (Å²) in [5.41, 5.74) is 11.5. The SMILES string of the molecule is CC.CC.CC(N)C=O.CCC(C)CCCCNC.CCn1c(-c2cccnc2C(C)OC)c(CC(C)(C)COC=O)c2cc(N3CCOCC3)ccc21. The highest BCUT2D eigenvalue weighted by Gasteiger charge is 2.28. The van der Waals surface area contributed by atoms with Gasteiger partial charge in [-0.3, -0.25) is 9.78 Å². The molecule has 4 rings (SSSR count). The second kappa shape index (κ2) is 29.0. The van der Waals surface area contributed by atoms with E-state index in [0.717, 1.165) is 62.1 Å². The molecule has 0 amide bonds. The number of benzene rings is 1. The molecule has 0 bridgehead atoms. The Morgan fingerprint density at radius 2 is 1.69 bits per heavy atom. The van der Waals surface area contributed by atoms with Crippen LogP contribution in [0, 0.1) is 11.3 Å². The van der Waals surface area contributed by atoms with Crippen LogP contribution in [0.3, 0.4) is 0 Å². The summed E-state index contributed by atoms with van der Waals surface area (Å²) >= 11 is 0. The molecule has 1 saturated heterocycles. The summed E-state index contributed by atoms with van der Waals surface area (Å²) in [4.78, 5) is 27.4. The predicted molar refractivity (Wildman–Crippen MR) is 228 cm³/mol. The molecule has 1 aromatic carbocycles. The number of carbonyl (C=O) groups is 2. The number of hydrogen-bond donors (Lipinski definition) is 2. The molecule has 3 unspecified atom stereocenters. The number of nitrogens with zero attached hydrogens (tertiary/aromatic N) is 3. The number of pyridine rings is 1. The number of morpholine rings is 1. The summed E-state index contributed by atoms with van der Waals surface area (Å²) in [5.74, 6) is 0.928. The van der Waals surface area contributed by atoms with Gasteiger partial charge >= 0.3 is 0 Å². The predicted octanol–water partition coefficient (Wildman–Crippen LogP) is 9.02. The maximum atomic E-state index is 11.0. The van der Waals surface area contributed by atoms with Gasteiger partial charge in [-0.05, 0) is 89.0 Å². The molecule has 3 aromatic rings. The number of rotatable bonds is 17. The number of methoxy groups -OCH3 is 1. The molecule has 308 valence electrons. The molecule has 3 heterocycles. The number of nitrogens with two attached hydrogens (primary N) is 1. The first-order chi connectivity index (χ1) is 26.0. The van der Waals surface area contributed by atoms with Crippen molar-refractivity contribution < 1.29 is 23.8 Å². The summed E-state index contributed by atoms with van der Waals surface area (Å²) in [6.07, 6.45) is 8.58. The molecule has 1 aliphatic rings. The fourth-order valence-corrected chi connectivity index (χ4v) is 6.09. The number of fused-ring (bicyclic) bond motifs is 1. The lowest BCUT2D eigenvalue weighted by Crippen LogP contribution is -2.36. The van der Waals surface area contributed by atoms with Gasteiger partial charge in [-0.2, -0.15) is 0 Å². The van der Waals surface area contributed by atoms with Gasteiger partial charge in [0.2, 0.25) is 0 Å². The third kappa shape index (κ3) is 17.0. The van der Waals surface area contributed by atoms with Crippen molar-refractivity contribution in [1.29, 1.82) is 0 Å². The lowest BCUT2D eigenvalue weighted by molar-refractivity contribution is -0.131. The minimum absolute atomic E-state index is 0.141. The molecule has 0 spiro atoms. The van der Waals surface area contributed by atoms with E-state index in [1.807, 2.05) is 53.9 Å². The van der Waals surface area contributed by atoms with Gasteiger partial charge in [-0.15, -0.1) is 0 Å². The molecule has 3 N–H and O–H groups in total. The zero-order valence-electron chi connectivity index (χ0n) is 36.3. The van der Waals surface area contributed by atoms with Crippen LogP contribution in [0.1, 0.15) is 119 Å². The zero-order valence-corrected chi connectivity index (χ0v) is 36.3. The fraction of sp³-hybridized carbons (Fsp3) is 0.659. The Hall–Kier alpha value is -3.31. The van der Waals surface area contributed by atoms with Gasteiger partial charge in [0.15, 0.2) is 0 Å². The van der Waals surface area contributed by atoms with Crippen molar-refractivity contribution in [2.45, 2.75) is 127 Å². The van der Waals surface area contributed by atoms with Gasteiger partial charge in [-0.25, -0.2) is 0 Å². The first-order valence-electron chi connectivity index (χ1n) is 20.3. The minimum atomic E-state index is -0.296. The highest BCUT2D eigenvalue weighted by atomic mass is 16.5. The number of aldehydes is 1. The fourth-order valence-electron chi connectivity index (χ4n) is 6.09. The van der Waals surface area contributed by atoms with E-state index < -0.39 is 0 Å². The lowest BCUT2D eigenvalue weighted by Gasteiger charge is -2.29. The quantitative estimate of drug-likeness (QED) is 0.103. The molecule has 0 radical (unpaired) electrons. The van der Waals surface area contributed by atoms with Gasteiger partial charge in [-0.1, -0.05) is 74.7 Å². The maximum Gasteiger partial charge on any atom is 0.293 e. The Labute approximate surface area is 328 Å². The average Bonchev–Trinajstić information content (AvgIpc) is 3.51. The first kappa shape index (κ1) is 50.7. The smallest absolute Gasteiger partial charge is 0.293 e. The van der Waals surface area contributed by atoms with Crippen LogP contribution in [0.2, 0.25) is 0 Å². The summed E-state index contributed by atoms with van der Waals surface area (Å²) < 4.78 is 18.9. The third-order valence-electron chi connectivity index (χ3n) is 9.16. The number of carbonyl (C=O) groups excluding carboxylic acids is 2. The van der Waals surface area contributed by atoms with Crippen molar-refractivity contribution >= 4 is 29.3 Å². The van der Waals surface area contributed by atoms with E-state index in [9.17, 15) is 9.59 Å². The van der Waals surface area contributed by atoms with Crippen molar-refractivity contribution in [3.05, 3.63) is 47.8 Å². The van der Waals surface area contributed by atoms with E-state index >= 15 is 0 Å². The molecule has 3 atom stereocenters. The van der Waals surface area contributed by atoms with Gasteiger partial charge in [0.05, 0.1) is 43.4 Å². The lowest BCUT2D eigenvalue weighted by atomic mass is 9.84. The van der Waals surface area contributed by atoms with E-state index in [0.29, 0.717) is 19.4 Å². The molecular formula is C44H77N5O5. The Balaban J connectivity index is 0.00000123. The summed E-state index contributed by atoms with van der Waals surface area (Å²) in [7, 11) is 3.73. The average molecular weight is 756 g/mol. The van der Waals surface area contributed by atoms with E-state index in [4.69, 9.17) is 24.9 Å². The monoisotopic (exact) mass is 756 g/mol. The van der Waals surface area contributed by atoms with Crippen LogP contribution in [0.4, 0.5) is 5.69 Å². The van der Waals surface area contributed by atoms with Gasteiger partial charge in [0, 0.05) is 60.5 Å². The van der Waals surface area contributed by atoms with E-state index in [-0.39, 0.29) is 17.6 Å². The van der Waals surface area contributed by atoms with Crippen molar-refractivity contribution in [2.24, 2.45) is 17.1 Å². The highest BCUT2D eigenvalue weighted by Crippen LogP contribution is 2.41. The molecule has 10 nitrogen and oxygen atoms in total. The first-order valence-corrected chi connectivity index (χ1v) is 20.3. The van der Waals surface area contributed by atoms with Crippen LogP contribution < -0.4 is 16.0 Å². The molecule has 10 heteroatoms. The second-order valence-electron chi connectivity index (χ2n) is 14.0. The molecule has 1 aliphatic heterocycles. The normalized spacial score (nSPS) is 14.0. The summed E-state index contributed by atoms with van der Waals surface area (Å²) in [6.45, 7) is 28.9.